The maximum Gasteiger partial charge on any atom is 0.234 e. The number of thioether (sulfide) groups is 1. The van der Waals surface area contributed by atoms with Crippen molar-refractivity contribution in [2.75, 3.05) is 25.3 Å². The fraction of sp³-hybridized carbons (Fsp3) is 0.348. The SMILES string of the molecule is COc1cc(NC(=O)CSC2=NC3(CCCC3)N=C2c2ccccc2)cc(OC)c1. The van der Waals surface area contributed by atoms with Gasteiger partial charge in [-0.15, -0.1) is 0 Å². The maximum atomic E-state index is 12.6. The predicted octanol–water partition coefficient (Wildman–Crippen LogP) is 4.55. The van der Waals surface area contributed by atoms with Gasteiger partial charge in [0, 0.05) is 29.4 Å². The molecule has 2 aliphatic rings. The van der Waals surface area contributed by atoms with Gasteiger partial charge in [0.05, 0.1) is 25.7 Å². The molecular formula is C23H25N3O3S. The summed E-state index contributed by atoms with van der Waals surface area (Å²) in [7, 11) is 3.16. The van der Waals surface area contributed by atoms with Gasteiger partial charge in [-0.1, -0.05) is 42.1 Å². The van der Waals surface area contributed by atoms with Crippen LogP contribution in [0.5, 0.6) is 11.5 Å². The molecule has 1 fully saturated rings. The van der Waals surface area contributed by atoms with Gasteiger partial charge in [0.15, 0.2) is 5.66 Å². The zero-order valence-corrected chi connectivity index (χ0v) is 18.0. The molecule has 6 nitrogen and oxygen atoms in total. The van der Waals surface area contributed by atoms with Crippen molar-refractivity contribution in [3.8, 4) is 11.5 Å². The Balaban J connectivity index is 1.47. The van der Waals surface area contributed by atoms with Gasteiger partial charge < -0.3 is 14.8 Å². The minimum atomic E-state index is -0.329. The molecule has 0 aromatic heterocycles. The van der Waals surface area contributed by atoms with Crippen molar-refractivity contribution in [3.63, 3.8) is 0 Å². The highest BCUT2D eigenvalue weighted by Crippen LogP contribution is 2.40. The molecule has 1 heterocycles. The molecule has 156 valence electrons. The van der Waals surface area contributed by atoms with Crippen molar-refractivity contribution in [3.05, 3.63) is 54.1 Å². The summed E-state index contributed by atoms with van der Waals surface area (Å²) in [6.07, 6.45) is 4.24. The number of ether oxygens (including phenoxy) is 2. The number of methoxy groups -OCH3 is 2. The number of carbonyl (C=O) groups excluding carboxylic acids is 1. The van der Waals surface area contributed by atoms with E-state index in [1.54, 1.807) is 32.4 Å². The van der Waals surface area contributed by atoms with Gasteiger partial charge in [-0.25, -0.2) is 4.99 Å². The average Bonchev–Trinajstić information content (AvgIpc) is 3.39. The Kier molecular flexibility index (Phi) is 6.08. The van der Waals surface area contributed by atoms with Crippen molar-refractivity contribution < 1.29 is 14.3 Å². The molecule has 4 rings (SSSR count). The first kappa shape index (κ1) is 20.5. The average molecular weight is 424 g/mol. The minimum absolute atomic E-state index is 0.113. The summed E-state index contributed by atoms with van der Waals surface area (Å²) in [5.74, 6) is 1.39. The van der Waals surface area contributed by atoms with E-state index < -0.39 is 0 Å². The second-order valence-corrected chi connectivity index (χ2v) is 8.34. The highest BCUT2D eigenvalue weighted by molar-refractivity contribution is 8.16. The van der Waals surface area contributed by atoms with Crippen molar-refractivity contribution in [2.45, 2.75) is 31.3 Å². The molecule has 7 heteroatoms. The molecule has 30 heavy (non-hydrogen) atoms. The Labute approximate surface area is 180 Å². The number of aliphatic imine (C=N–C) groups is 2. The van der Waals surface area contributed by atoms with Gasteiger partial charge >= 0.3 is 0 Å². The summed E-state index contributed by atoms with van der Waals surface area (Å²) in [5.41, 5.74) is 2.25. The molecule has 1 aliphatic heterocycles. The second-order valence-electron chi connectivity index (χ2n) is 7.37. The summed E-state index contributed by atoms with van der Waals surface area (Å²) in [6.45, 7) is 0. The van der Waals surface area contributed by atoms with E-state index in [-0.39, 0.29) is 17.3 Å². The van der Waals surface area contributed by atoms with Crippen molar-refractivity contribution >= 4 is 34.1 Å². The van der Waals surface area contributed by atoms with Crippen molar-refractivity contribution in [2.24, 2.45) is 9.98 Å². The number of hydrogen-bond donors (Lipinski definition) is 1. The largest absolute Gasteiger partial charge is 0.497 e. The molecule has 0 bridgehead atoms. The summed E-state index contributed by atoms with van der Waals surface area (Å²) in [5, 5.41) is 3.76. The van der Waals surface area contributed by atoms with Gasteiger partial charge in [-0.2, -0.15) is 0 Å². The van der Waals surface area contributed by atoms with Crippen LogP contribution in [0.2, 0.25) is 0 Å². The Hall–Kier alpha value is -2.80. The quantitative estimate of drug-likeness (QED) is 0.740. The zero-order chi connectivity index (χ0) is 21.0. The molecule has 1 aliphatic carbocycles. The summed E-state index contributed by atoms with van der Waals surface area (Å²) < 4.78 is 10.5. The molecule has 2 aromatic carbocycles. The molecule has 1 N–H and O–H groups in total. The van der Waals surface area contributed by atoms with Gasteiger partial charge in [0.2, 0.25) is 5.91 Å². The molecule has 1 amide bonds. The molecule has 0 saturated heterocycles. The normalized spacial score (nSPS) is 16.9. The molecule has 1 spiro atoms. The lowest BCUT2D eigenvalue weighted by Crippen LogP contribution is -2.18. The third-order valence-electron chi connectivity index (χ3n) is 5.26. The summed E-state index contributed by atoms with van der Waals surface area (Å²) >= 11 is 1.44. The first-order valence-corrected chi connectivity index (χ1v) is 11.0. The minimum Gasteiger partial charge on any atom is -0.497 e. The molecular weight excluding hydrogens is 398 g/mol. The smallest absolute Gasteiger partial charge is 0.234 e. The lowest BCUT2D eigenvalue weighted by atomic mass is 10.1. The lowest BCUT2D eigenvalue weighted by molar-refractivity contribution is -0.113. The highest BCUT2D eigenvalue weighted by Gasteiger charge is 2.39. The summed E-state index contributed by atoms with van der Waals surface area (Å²) in [6, 6.07) is 15.4. The number of amides is 1. The number of rotatable bonds is 6. The van der Waals surface area contributed by atoms with Crippen LogP contribution in [0, 0.1) is 0 Å². The van der Waals surface area contributed by atoms with Crippen LogP contribution in [0.3, 0.4) is 0 Å². The zero-order valence-electron chi connectivity index (χ0n) is 17.2. The Morgan fingerprint density at radius 1 is 1.03 bits per heavy atom. The number of hydrogen-bond acceptors (Lipinski definition) is 6. The van der Waals surface area contributed by atoms with Crippen LogP contribution in [0.4, 0.5) is 5.69 Å². The molecule has 0 unspecified atom stereocenters. The van der Waals surface area contributed by atoms with Gasteiger partial charge in [-0.05, 0) is 25.7 Å². The van der Waals surface area contributed by atoms with E-state index in [2.05, 4.69) is 5.32 Å². The van der Waals surface area contributed by atoms with E-state index in [0.717, 1.165) is 42.0 Å². The summed E-state index contributed by atoms with van der Waals surface area (Å²) in [4.78, 5) is 22.6. The number of carbonyl (C=O) groups is 1. The number of anilines is 1. The first-order valence-electron chi connectivity index (χ1n) is 10.0. The Morgan fingerprint density at radius 3 is 2.33 bits per heavy atom. The molecule has 0 atom stereocenters. The van der Waals surface area contributed by atoms with Crippen LogP contribution in [0.25, 0.3) is 0 Å². The van der Waals surface area contributed by atoms with Gasteiger partial charge in [0.25, 0.3) is 0 Å². The van der Waals surface area contributed by atoms with Crippen LogP contribution in [0.15, 0.2) is 58.5 Å². The maximum absolute atomic E-state index is 12.6. The third kappa shape index (κ3) is 4.51. The number of benzene rings is 2. The Morgan fingerprint density at radius 2 is 1.70 bits per heavy atom. The van der Waals surface area contributed by atoms with E-state index >= 15 is 0 Å². The van der Waals surface area contributed by atoms with Crippen LogP contribution < -0.4 is 14.8 Å². The van der Waals surface area contributed by atoms with Crippen LogP contribution in [-0.4, -0.2) is 42.3 Å². The topological polar surface area (TPSA) is 72.3 Å². The third-order valence-corrected chi connectivity index (χ3v) is 6.22. The lowest BCUT2D eigenvalue weighted by Gasteiger charge is -2.14. The van der Waals surface area contributed by atoms with Gasteiger partial charge in [0.1, 0.15) is 16.5 Å². The second kappa shape index (κ2) is 8.92. The molecule has 0 radical (unpaired) electrons. The van der Waals surface area contributed by atoms with Crippen LogP contribution >= 0.6 is 11.8 Å². The fourth-order valence-corrected chi connectivity index (χ4v) is 4.66. The number of nitrogens with one attached hydrogen (secondary N) is 1. The van der Waals surface area contributed by atoms with Crippen LogP contribution in [0.1, 0.15) is 31.2 Å². The van der Waals surface area contributed by atoms with E-state index in [0.29, 0.717) is 17.2 Å². The molecule has 2 aromatic rings. The fourth-order valence-electron chi connectivity index (χ4n) is 3.78. The Bertz CT molecular complexity index is 960. The van der Waals surface area contributed by atoms with Crippen molar-refractivity contribution in [1.29, 1.82) is 0 Å². The molecule has 1 saturated carbocycles. The van der Waals surface area contributed by atoms with E-state index in [1.165, 1.54) is 11.8 Å². The first-order chi connectivity index (χ1) is 14.6. The van der Waals surface area contributed by atoms with E-state index in [1.807, 2.05) is 30.3 Å². The monoisotopic (exact) mass is 423 g/mol. The highest BCUT2D eigenvalue weighted by atomic mass is 32.2. The standard InChI is InChI=1S/C23H25N3O3S/c1-28-18-12-17(13-19(14-18)29-2)24-20(27)15-30-22-21(16-8-4-3-5-9-16)25-23(26-22)10-6-7-11-23/h3-5,8-9,12-14H,6-7,10-11,15H2,1-2H3,(H,24,27). The number of nitrogens with zero attached hydrogens (tertiary/aromatic N) is 2. The van der Waals surface area contributed by atoms with E-state index in [9.17, 15) is 4.79 Å². The predicted molar refractivity (Wildman–Crippen MR) is 122 cm³/mol. The van der Waals surface area contributed by atoms with Gasteiger partial charge in [-0.3, -0.25) is 9.79 Å². The van der Waals surface area contributed by atoms with Crippen molar-refractivity contribution in [1.82, 2.24) is 0 Å². The van der Waals surface area contributed by atoms with E-state index in [4.69, 9.17) is 19.5 Å². The van der Waals surface area contributed by atoms with Crippen LogP contribution in [-0.2, 0) is 4.79 Å².